The number of hydrogen-bond acceptors (Lipinski definition) is 4. The molecule has 0 saturated heterocycles. The molecule has 0 unspecified atom stereocenters. The Kier molecular flexibility index (Phi) is 4.65. The van der Waals surface area contributed by atoms with Crippen molar-refractivity contribution < 1.29 is 0 Å². The van der Waals surface area contributed by atoms with Crippen LogP contribution < -0.4 is 5.32 Å². The van der Waals surface area contributed by atoms with E-state index in [0.717, 1.165) is 5.17 Å². The molecule has 0 aromatic rings. The zero-order valence-corrected chi connectivity index (χ0v) is 10.1. The van der Waals surface area contributed by atoms with Gasteiger partial charge in [0.1, 0.15) is 11.8 Å². The van der Waals surface area contributed by atoms with Crippen LogP contribution in [0.2, 0.25) is 0 Å². The Hall–Kier alpha value is -0.320. The first-order valence-corrected chi connectivity index (χ1v) is 5.92. The number of nitrogens with one attached hydrogen (secondary N) is 1. The van der Waals surface area contributed by atoms with Crippen molar-refractivity contribution in [2.75, 3.05) is 19.6 Å². The van der Waals surface area contributed by atoms with E-state index in [2.05, 4.69) is 16.9 Å². The molecule has 1 aliphatic heterocycles. The van der Waals surface area contributed by atoms with Gasteiger partial charge in [0.05, 0.1) is 11.7 Å². The molecule has 6 heteroatoms. The van der Waals surface area contributed by atoms with Crippen LogP contribution in [-0.2, 0) is 0 Å². The molecule has 0 aromatic heterocycles. The Morgan fingerprint density at radius 2 is 2.43 bits per heavy atom. The largest absolute Gasteiger partial charge is 0.347 e. The van der Waals surface area contributed by atoms with E-state index in [-0.39, 0.29) is 0 Å². The Bertz CT molecular complexity index is 288. The van der Waals surface area contributed by atoms with E-state index in [9.17, 15) is 0 Å². The highest BCUT2D eigenvalue weighted by Crippen LogP contribution is 2.20. The highest BCUT2D eigenvalue weighted by Gasteiger charge is 2.14. The number of allylic oxidation sites excluding steroid dienone is 2. The van der Waals surface area contributed by atoms with E-state index < -0.39 is 0 Å². The summed E-state index contributed by atoms with van der Waals surface area (Å²) < 4.78 is 0. The van der Waals surface area contributed by atoms with Crippen LogP contribution in [0.1, 0.15) is 0 Å². The molecule has 0 bridgehead atoms. The van der Waals surface area contributed by atoms with Crippen molar-refractivity contribution in [1.29, 1.82) is 0 Å². The van der Waals surface area contributed by atoms with E-state index in [4.69, 9.17) is 23.2 Å². The standard InChI is InChI=1S/C8H11Cl2N3S/c1-3-6(9)7(10)13-4-11-8(14-2)12-5-13/h3H,1,4-5H2,2H3,(H,11,12)/b7-6+. The normalized spacial score (nSPS) is 18.2. The van der Waals surface area contributed by atoms with Crippen molar-refractivity contribution in [2.45, 2.75) is 0 Å². The molecule has 78 valence electrons. The summed E-state index contributed by atoms with van der Waals surface area (Å²) >= 11 is 13.4. The van der Waals surface area contributed by atoms with Crippen LogP contribution in [0.15, 0.2) is 27.8 Å². The van der Waals surface area contributed by atoms with Crippen LogP contribution in [0.5, 0.6) is 0 Å². The van der Waals surface area contributed by atoms with Gasteiger partial charge >= 0.3 is 0 Å². The van der Waals surface area contributed by atoms with Gasteiger partial charge in [-0.2, -0.15) is 0 Å². The average Bonchev–Trinajstić information content (AvgIpc) is 2.27. The third kappa shape index (κ3) is 2.83. The Labute approximate surface area is 97.8 Å². The highest BCUT2D eigenvalue weighted by molar-refractivity contribution is 8.13. The van der Waals surface area contributed by atoms with Crippen molar-refractivity contribution in [1.82, 2.24) is 10.2 Å². The third-order valence-corrected chi connectivity index (χ3v) is 3.19. The van der Waals surface area contributed by atoms with Crippen molar-refractivity contribution in [3.8, 4) is 0 Å². The maximum atomic E-state index is 5.99. The highest BCUT2D eigenvalue weighted by atomic mass is 35.5. The molecule has 0 amide bonds. The minimum atomic E-state index is 0.441. The van der Waals surface area contributed by atoms with Gasteiger partial charge in [-0.3, -0.25) is 0 Å². The summed E-state index contributed by atoms with van der Waals surface area (Å²) in [5.41, 5.74) is 0. The summed E-state index contributed by atoms with van der Waals surface area (Å²) in [5.74, 6) is 0. The molecule has 1 N–H and O–H groups in total. The van der Waals surface area contributed by atoms with Crippen LogP contribution in [0.25, 0.3) is 0 Å². The number of thioether (sulfide) groups is 1. The van der Waals surface area contributed by atoms with Gasteiger partial charge in [0.2, 0.25) is 0 Å². The predicted octanol–water partition coefficient (Wildman–Crippen LogP) is 2.36. The topological polar surface area (TPSA) is 27.6 Å². The zero-order chi connectivity index (χ0) is 10.6. The van der Waals surface area contributed by atoms with Gasteiger partial charge in [0.15, 0.2) is 5.17 Å². The maximum Gasteiger partial charge on any atom is 0.159 e. The molecule has 14 heavy (non-hydrogen) atoms. The van der Waals surface area contributed by atoms with Gasteiger partial charge in [-0.15, -0.1) is 0 Å². The van der Waals surface area contributed by atoms with Crippen LogP contribution in [-0.4, -0.2) is 29.7 Å². The predicted molar refractivity (Wildman–Crippen MR) is 64.6 cm³/mol. The average molecular weight is 252 g/mol. The fourth-order valence-corrected chi connectivity index (χ4v) is 1.63. The van der Waals surface area contributed by atoms with Crippen molar-refractivity contribution in [2.24, 2.45) is 4.99 Å². The maximum absolute atomic E-state index is 5.99. The first-order chi connectivity index (χ1) is 6.69. The number of aliphatic imine (C=N–C) groups is 1. The van der Waals surface area contributed by atoms with Gasteiger partial charge in [0, 0.05) is 0 Å². The van der Waals surface area contributed by atoms with Crippen LogP contribution in [0, 0.1) is 0 Å². The van der Waals surface area contributed by atoms with Gasteiger partial charge in [-0.05, 0) is 12.3 Å². The lowest BCUT2D eigenvalue weighted by Gasteiger charge is -2.27. The molecule has 0 fully saturated rings. The molecule has 0 saturated carbocycles. The Morgan fingerprint density at radius 3 is 2.86 bits per heavy atom. The van der Waals surface area contributed by atoms with Gasteiger partial charge in [-0.1, -0.05) is 41.5 Å². The minimum absolute atomic E-state index is 0.441. The molecule has 1 heterocycles. The molecule has 0 aromatic carbocycles. The lowest BCUT2D eigenvalue weighted by atomic mass is 10.5. The van der Waals surface area contributed by atoms with Gasteiger partial charge in [0.25, 0.3) is 0 Å². The molecule has 1 aliphatic rings. The van der Waals surface area contributed by atoms with E-state index >= 15 is 0 Å². The number of halogens is 2. The van der Waals surface area contributed by atoms with Gasteiger partial charge in [-0.25, -0.2) is 4.99 Å². The SMILES string of the molecule is C=C/C(Cl)=C(/Cl)N1CN=C(SC)NC1. The van der Waals surface area contributed by atoms with Crippen molar-refractivity contribution in [3.05, 3.63) is 22.8 Å². The quantitative estimate of drug-likeness (QED) is 0.604. The first-order valence-electron chi connectivity index (χ1n) is 3.94. The molecule has 0 radical (unpaired) electrons. The molecule has 0 aliphatic carbocycles. The van der Waals surface area contributed by atoms with Crippen LogP contribution in [0.3, 0.4) is 0 Å². The number of rotatable bonds is 2. The van der Waals surface area contributed by atoms with Crippen molar-refractivity contribution >= 4 is 40.1 Å². The smallest absolute Gasteiger partial charge is 0.159 e. The van der Waals surface area contributed by atoms with E-state index in [1.54, 1.807) is 11.8 Å². The monoisotopic (exact) mass is 251 g/mol. The molecule has 3 nitrogen and oxygen atoms in total. The van der Waals surface area contributed by atoms with E-state index in [1.165, 1.54) is 6.08 Å². The van der Waals surface area contributed by atoms with Crippen molar-refractivity contribution in [3.63, 3.8) is 0 Å². The Morgan fingerprint density at radius 1 is 1.71 bits per heavy atom. The second-order valence-corrected chi connectivity index (χ2v) is 4.09. The second-order valence-electron chi connectivity index (χ2n) is 2.53. The molecular weight excluding hydrogens is 241 g/mol. The van der Waals surface area contributed by atoms with Crippen LogP contribution in [0.4, 0.5) is 0 Å². The fraction of sp³-hybridized carbons (Fsp3) is 0.375. The summed E-state index contributed by atoms with van der Waals surface area (Å²) in [4.78, 5) is 6.07. The molecular formula is C8H11Cl2N3S. The number of nitrogens with zero attached hydrogens (tertiary/aromatic N) is 2. The first kappa shape index (κ1) is 11.8. The zero-order valence-electron chi connectivity index (χ0n) is 7.76. The number of amidine groups is 1. The fourth-order valence-electron chi connectivity index (χ4n) is 0.922. The summed E-state index contributed by atoms with van der Waals surface area (Å²) in [5, 5.41) is 4.93. The lowest BCUT2D eigenvalue weighted by Crippen LogP contribution is -2.40. The molecule has 0 spiro atoms. The number of hydrogen-bond donors (Lipinski definition) is 1. The minimum Gasteiger partial charge on any atom is -0.347 e. The Balaban J connectivity index is 2.67. The van der Waals surface area contributed by atoms with E-state index in [1.807, 2.05) is 11.2 Å². The molecule has 1 rings (SSSR count). The molecule has 0 atom stereocenters. The summed E-state index contributed by atoms with van der Waals surface area (Å²) in [6.45, 7) is 4.68. The van der Waals surface area contributed by atoms with E-state index in [0.29, 0.717) is 23.5 Å². The van der Waals surface area contributed by atoms with Gasteiger partial charge < -0.3 is 10.2 Å². The second kappa shape index (κ2) is 5.53. The van der Waals surface area contributed by atoms with Crippen LogP contribution >= 0.6 is 35.0 Å². The summed E-state index contributed by atoms with van der Waals surface area (Å²) in [6, 6.07) is 0. The lowest BCUT2D eigenvalue weighted by molar-refractivity contribution is 0.355. The summed E-state index contributed by atoms with van der Waals surface area (Å²) in [6.07, 6.45) is 3.48. The third-order valence-electron chi connectivity index (χ3n) is 1.65. The summed E-state index contributed by atoms with van der Waals surface area (Å²) in [7, 11) is 0.